The molecule has 0 atom stereocenters. The Labute approximate surface area is 122 Å². The summed E-state index contributed by atoms with van der Waals surface area (Å²) in [6.07, 6.45) is 0. The Morgan fingerprint density at radius 1 is 1.11 bits per heavy atom. The summed E-state index contributed by atoms with van der Waals surface area (Å²) in [6.45, 7) is 3.81. The summed E-state index contributed by atoms with van der Waals surface area (Å²) in [5.74, 6) is 0.474. The van der Waals surface area contributed by atoms with Gasteiger partial charge in [-0.15, -0.1) is 0 Å². The van der Waals surface area contributed by atoms with E-state index < -0.39 is 0 Å². The first-order chi connectivity index (χ1) is 9.04. The van der Waals surface area contributed by atoms with Gasteiger partial charge in [-0.25, -0.2) is 9.97 Å². The molecule has 0 unspecified atom stereocenters. The van der Waals surface area contributed by atoms with Gasteiger partial charge in [0.25, 0.3) is 0 Å². The number of nitrogens with one attached hydrogen (secondary N) is 2. The molecule has 2 N–H and O–H groups in total. The van der Waals surface area contributed by atoms with Crippen molar-refractivity contribution in [3.8, 4) is 0 Å². The molecule has 0 spiro atoms. The second-order valence-corrected chi connectivity index (χ2v) is 4.85. The lowest BCUT2D eigenvalue weighted by molar-refractivity contribution is 1.07. The van der Waals surface area contributed by atoms with Crippen LogP contribution in [0.2, 0.25) is 5.02 Å². The predicted molar refractivity (Wildman–Crippen MR) is 82.8 cm³/mol. The van der Waals surface area contributed by atoms with Gasteiger partial charge in [0.2, 0.25) is 5.95 Å². The van der Waals surface area contributed by atoms with Crippen LogP contribution in [-0.4, -0.2) is 15.1 Å². The van der Waals surface area contributed by atoms with Crippen molar-refractivity contribution in [3.05, 3.63) is 46.7 Å². The first-order valence-corrected chi connectivity index (χ1v) is 6.48. The van der Waals surface area contributed by atoms with Gasteiger partial charge in [0.15, 0.2) is 5.11 Å². The molecule has 0 bridgehead atoms. The first-order valence-electron chi connectivity index (χ1n) is 5.69. The molecular weight excluding hydrogens is 280 g/mol. The number of anilines is 2. The van der Waals surface area contributed by atoms with Crippen LogP contribution in [0.5, 0.6) is 0 Å². The predicted octanol–water partition coefficient (Wildman–Crippen LogP) is 3.56. The summed E-state index contributed by atoms with van der Waals surface area (Å²) in [6, 6.07) is 9.27. The molecule has 1 heterocycles. The van der Waals surface area contributed by atoms with Crippen molar-refractivity contribution in [1.82, 2.24) is 9.97 Å². The summed E-state index contributed by atoms with van der Waals surface area (Å²) in [4.78, 5) is 8.51. The van der Waals surface area contributed by atoms with E-state index in [9.17, 15) is 0 Å². The van der Waals surface area contributed by atoms with Crippen molar-refractivity contribution >= 4 is 40.6 Å². The molecule has 98 valence electrons. The summed E-state index contributed by atoms with van der Waals surface area (Å²) < 4.78 is 0. The zero-order chi connectivity index (χ0) is 13.8. The number of halogens is 1. The van der Waals surface area contributed by atoms with Crippen molar-refractivity contribution in [1.29, 1.82) is 0 Å². The molecule has 6 heteroatoms. The maximum absolute atomic E-state index is 6.04. The standard InChI is InChI=1S/C13H13ClN4S/c1-8-7-9(2)16-12(15-8)18-13(19)17-11-6-4-3-5-10(11)14/h3-7H,1-2H3,(H2,15,16,17,18,19). The SMILES string of the molecule is Cc1cc(C)nc(NC(=S)Nc2ccccc2Cl)n1. The van der Waals surface area contributed by atoms with Crippen molar-refractivity contribution in [2.75, 3.05) is 10.6 Å². The molecule has 2 rings (SSSR count). The van der Waals surface area contributed by atoms with Crippen molar-refractivity contribution in [2.45, 2.75) is 13.8 Å². The summed E-state index contributed by atoms with van der Waals surface area (Å²) in [7, 11) is 0. The third-order valence-electron chi connectivity index (χ3n) is 2.33. The number of benzene rings is 1. The van der Waals surface area contributed by atoms with Gasteiger partial charge in [-0.3, -0.25) is 0 Å². The zero-order valence-corrected chi connectivity index (χ0v) is 12.1. The van der Waals surface area contributed by atoms with Gasteiger partial charge in [0.05, 0.1) is 10.7 Å². The molecule has 0 aliphatic heterocycles. The molecule has 0 fully saturated rings. The lowest BCUT2D eigenvalue weighted by Gasteiger charge is -2.11. The second-order valence-electron chi connectivity index (χ2n) is 4.03. The van der Waals surface area contributed by atoms with E-state index in [0.29, 0.717) is 16.1 Å². The monoisotopic (exact) mass is 292 g/mol. The van der Waals surface area contributed by atoms with Gasteiger partial charge in [-0.05, 0) is 44.3 Å². The minimum absolute atomic E-state index is 0.401. The Morgan fingerprint density at radius 2 is 1.74 bits per heavy atom. The second kappa shape index (κ2) is 5.95. The topological polar surface area (TPSA) is 49.8 Å². The molecule has 19 heavy (non-hydrogen) atoms. The Balaban J connectivity index is 2.07. The molecule has 0 radical (unpaired) electrons. The van der Waals surface area contributed by atoms with Crippen LogP contribution in [-0.2, 0) is 0 Å². The average Bonchev–Trinajstić information content (AvgIpc) is 2.30. The number of hydrogen-bond acceptors (Lipinski definition) is 3. The number of para-hydroxylation sites is 1. The van der Waals surface area contributed by atoms with Crippen molar-refractivity contribution < 1.29 is 0 Å². The van der Waals surface area contributed by atoms with Gasteiger partial charge in [-0.1, -0.05) is 23.7 Å². The van der Waals surface area contributed by atoms with E-state index in [-0.39, 0.29) is 0 Å². The molecular formula is C13H13ClN4S. The molecule has 1 aromatic carbocycles. The van der Waals surface area contributed by atoms with Crippen LogP contribution in [0.1, 0.15) is 11.4 Å². The van der Waals surface area contributed by atoms with E-state index in [1.807, 2.05) is 38.1 Å². The van der Waals surface area contributed by atoms with Gasteiger partial charge >= 0.3 is 0 Å². The minimum atomic E-state index is 0.401. The fourth-order valence-corrected chi connectivity index (χ4v) is 1.98. The summed E-state index contributed by atoms with van der Waals surface area (Å²) >= 11 is 11.2. The lowest BCUT2D eigenvalue weighted by Crippen LogP contribution is -2.21. The Bertz CT molecular complexity index is 595. The Morgan fingerprint density at radius 3 is 2.37 bits per heavy atom. The summed E-state index contributed by atoms with van der Waals surface area (Å²) in [5.41, 5.74) is 2.51. The quantitative estimate of drug-likeness (QED) is 0.829. The first kappa shape index (κ1) is 13.7. The van der Waals surface area contributed by atoms with Gasteiger partial charge in [0, 0.05) is 11.4 Å². The van der Waals surface area contributed by atoms with Crippen LogP contribution in [0.4, 0.5) is 11.6 Å². The smallest absolute Gasteiger partial charge is 0.229 e. The Kier molecular flexibility index (Phi) is 4.29. The van der Waals surface area contributed by atoms with Gasteiger partial charge in [-0.2, -0.15) is 0 Å². The normalized spacial score (nSPS) is 10.1. The van der Waals surface area contributed by atoms with Crippen LogP contribution >= 0.6 is 23.8 Å². The highest BCUT2D eigenvalue weighted by Crippen LogP contribution is 2.20. The van der Waals surface area contributed by atoms with Gasteiger partial charge < -0.3 is 10.6 Å². The van der Waals surface area contributed by atoms with Crippen LogP contribution in [0.3, 0.4) is 0 Å². The molecule has 0 amide bonds. The van der Waals surface area contributed by atoms with Crippen molar-refractivity contribution in [2.24, 2.45) is 0 Å². The van der Waals surface area contributed by atoms with E-state index in [1.54, 1.807) is 6.07 Å². The van der Waals surface area contributed by atoms with Crippen LogP contribution in [0.25, 0.3) is 0 Å². The molecule has 0 saturated carbocycles. The number of aromatic nitrogens is 2. The fourth-order valence-electron chi connectivity index (χ4n) is 1.60. The van der Waals surface area contributed by atoms with E-state index in [2.05, 4.69) is 20.6 Å². The average molecular weight is 293 g/mol. The fraction of sp³-hybridized carbons (Fsp3) is 0.154. The highest BCUT2D eigenvalue weighted by molar-refractivity contribution is 7.80. The molecule has 2 aromatic rings. The molecule has 4 nitrogen and oxygen atoms in total. The van der Waals surface area contributed by atoms with Crippen LogP contribution in [0.15, 0.2) is 30.3 Å². The largest absolute Gasteiger partial charge is 0.331 e. The lowest BCUT2D eigenvalue weighted by atomic mass is 10.3. The molecule has 0 aliphatic rings. The number of nitrogens with zero attached hydrogens (tertiary/aromatic N) is 2. The number of aryl methyl sites for hydroxylation is 2. The Hall–Kier alpha value is -1.72. The van der Waals surface area contributed by atoms with E-state index in [4.69, 9.17) is 23.8 Å². The number of rotatable bonds is 2. The van der Waals surface area contributed by atoms with E-state index >= 15 is 0 Å². The maximum Gasteiger partial charge on any atom is 0.229 e. The number of hydrogen-bond donors (Lipinski definition) is 2. The van der Waals surface area contributed by atoms with E-state index in [0.717, 1.165) is 17.1 Å². The molecule has 0 aliphatic carbocycles. The van der Waals surface area contributed by atoms with Gasteiger partial charge in [0.1, 0.15) is 0 Å². The summed E-state index contributed by atoms with van der Waals surface area (Å²) in [5, 5.41) is 6.95. The highest BCUT2D eigenvalue weighted by atomic mass is 35.5. The maximum atomic E-state index is 6.04. The zero-order valence-electron chi connectivity index (χ0n) is 10.6. The number of thiocarbonyl (C=S) groups is 1. The third kappa shape index (κ3) is 3.87. The minimum Gasteiger partial charge on any atom is -0.331 e. The van der Waals surface area contributed by atoms with Crippen LogP contribution < -0.4 is 10.6 Å². The molecule has 1 aromatic heterocycles. The third-order valence-corrected chi connectivity index (χ3v) is 2.86. The van der Waals surface area contributed by atoms with Crippen molar-refractivity contribution in [3.63, 3.8) is 0 Å². The van der Waals surface area contributed by atoms with Crippen LogP contribution in [0, 0.1) is 13.8 Å². The van der Waals surface area contributed by atoms with E-state index in [1.165, 1.54) is 0 Å². The molecule has 0 saturated heterocycles. The highest BCUT2D eigenvalue weighted by Gasteiger charge is 2.04.